The summed E-state index contributed by atoms with van der Waals surface area (Å²) >= 11 is 0. The molecule has 0 unspecified atom stereocenters. The van der Waals surface area contributed by atoms with Crippen molar-refractivity contribution in [2.24, 2.45) is 5.41 Å². The lowest BCUT2D eigenvalue weighted by molar-refractivity contribution is 0.0908. The number of pyridine rings is 1. The number of anilines is 1. The highest BCUT2D eigenvalue weighted by Crippen LogP contribution is 2.38. The van der Waals surface area contributed by atoms with Gasteiger partial charge in [0.1, 0.15) is 5.82 Å². The maximum absolute atomic E-state index is 12.8. The van der Waals surface area contributed by atoms with Crippen molar-refractivity contribution in [3.63, 3.8) is 0 Å². The molecule has 30 heavy (non-hydrogen) atoms. The van der Waals surface area contributed by atoms with Crippen LogP contribution in [0.3, 0.4) is 0 Å². The topological polar surface area (TPSA) is 110 Å². The second-order valence-corrected chi connectivity index (χ2v) is 8.71. The molecule has 2 heterocycles. The number of fused-ring (bicyclic) bond motifs is 2. The van der Waals surface area contributed by atoms with Gasteiger partial charge in [-0.3, -0.25) is 9.59 Å². The van der Waals surface area contributed by atoms with E-state index in [2.05, 4.69) is 28.7 Å². The van der Waals surface area contributed by atoms with Gasteiger partial charge in [0.2, 0.25) is 0 Å². The molecule has 7 heteroatoms. The largest absolute Gasteiger partial charge is 0.395 e. The Hall–Kier alpha value is -3.19. The third kappa shape index (κ3) is 3.35. The second kappa shape index (κ2) is 7.25. The fraction of sp³-hybridized carbons (Fsp3) is 0.348. The number of ketones is 1. The molecule has 0 saturated heterocycles. The summed E-state index contributed by atoms with van der Waals surface area (Å²) < 4.78 is 2.05. The Morgan fingerprint density at radius 2 is 2.07 bits per heavy atom. The summed E-state index contributed by atoms with van der Waals surface area (Å²) in [4.78, 5) is 29.5. The fourth-order valence-corrected chi connectivity index (χ4v) is 4.35. The number of aromatic nitrogens is 2. The maximum atomic E-state index is 12.8. The second-order valence-electron chi connectivity index (χ2n) is 8.71. The van der Waals surface area contributed by atoms with Gasteiger partial charge >= 0.3 is 0 Å². The molecule has 0 spiro atoms. The Kier molecular flexibility index (Phi) is 4.86. The number of amides is 1. The predicted octanol–water partition coefficient (Wildman–Crippen LogP) is 2.79. The van der Waals surface area contributed by atoms with Crippen LogP contribution < -0.4 is 11.1 Å². The number of rotatable bonds is 4. The number of nitrogen functional groups attached to an aromatic ring is 1. The molecule has 0 aliphatic heterocycles. The third-order valence-electron chi connectivity index (χ3n) is 5.68. The van der Waals surface area contributed by atoms with Crippen molar-refractivity contribution in [3.8, 4) is 5.69 Å². The highest BCUT2D eigenvalue weighted by molar-refractivity contribution is 6.09. The van der Waals surface area contributed by atoms with Crippen molar-refractivity contribution in [2.45, 2.75) is 33.6 Å². The summed E-state index contributed by atoms with van der Waals surface area (Å²) in [5.41, 5.74) is 9.97. The monoisotopic (exact) mass is 406 g/mol. The number of aliphatic hydroxyl groups is 1. The number of carbonyl (C=O) groups is 2. The summed E-state index contributed by atoms with van der Waals surface area (Å²) in [5, 5.41) is 13.0. The van der Waals surface area contributed by atoms with Gasteiger partial charge in [0.25, 0.3) is 5.91 Å². The molecule has 156 valence electrons. The molecule has 1 amide bonds. The maximum Gasteiger partial charge on any atom is 0.253 e. The van der Waals surface area contributed by atoms with Crippen molar-refractivity contribution < 1.29 is 14.7 Å². The van der Waals surface area contributed by atoms with E-state index in [0.717, 1.165) is 28.9 Å². The van der Waals surface area contributed by atoms with E-state index in [1.165, 1.54) is 6.20 Å². The molecule has 0 atom stereocenters. The van der Waals surface area contributed by atoms with E-state index >= 15 is 0 Å². The zero-order valence-electron chi connectivity index (χ0n) is 17.5. The molecule has 3 aromatic rings. The number of hydrogen-bond donors (Lipinski definition) is 3. The van der Waals surface area contributed by atoms with Crippen LogP contribution in [0.5, 0.6) is 0 Å². The van der Waals surface area contributed by atoms with Crippen LogP contribution in [0.4, 0.5) is 5.82 Å². The number of carbonyl (C=O) groups excluding carboxylic acids is 2. The Morgan fingerprint density at radius 1 is 1.30 bits per heavy atom. The number of Topliss-reactive ketones (excluding diaryl/α,β-unsaturated/α-hetero) is 1. The molecular formula is C23H26N4O3. The number of nitrogens with zero attached hydrogens (tertiary/aromatic N) is 2. The van der Waals surface area contributed by atoms with Gasteiger partial charge in [0.05, 0.1) is 12.2 Å². The molecule has 7 nitrogen and oxygen atoms in total. The van der Waals surface area contributed by atoms with E-state index in [9.17, 15) is 9.59 Å². The van der Waals surface area contributed by atoms with Crippen molar-refractivity contribution in [1.29, 1.82) is 0 Å². The van der Waals surface area contributed by atoms with E-state index in [-0.39, 0.29) is 30.3 Å². The van der Waals surface area contributed by atoms with Crippen molar-refractivity contribution in [1.82, 2.24) is 14.9 Å². The zero-order chi connectivity index (χ0) is 21.6. The average molecular weight is 406 g/mol. The van der Waals surface area contributed by atoms with E-state index in [1.807, 2.05) is 31.3 Å². The summed E-state index contributed by atoms with van der Waals surface area (Å²) in [6.45, 7) is 6.19. The first-order valence-corrected chi connectivity index (χ1v) is 10.0. The van der Waals surface area contributed by atoms with E-state index in [1.54, 1.807) is 0 Å². The number of aliphatic hydroxyl groups excluding tert-OH is 1. The first kappa shape index (κ1) is 20.1. The van der Waals surface area contributed by atoms with Gasteiger partial charge in [-0.2, -0.15) is 0 Å². The summed E-state index contributed by atoms with van der Waals surface area (Å²) in [7, 11) is 0. The lowest BCUT2D eigenvalue weighted by Gasteiger charge is -2.30. The minimum atomic E-state index is -0.319. The molecule has 0 fully saturated rings. The van der Waals surface area contributed by atoms with Gasteiger partial charge in [0, 0.05) is 53.1 Å². The van der Waals surface area contributed by atoms with Crippen molar-refractivity contribution >= 4 is 28.3 Å². The summed E-state index contributed by atoms with van der Waals surface area (Å²) in [6, 6.07) is 5.70. The normalized spacial score (nSPS) is 15.3. The first-order valence-electron chi connectivity index (χ1n) is 10.0. The summed E-state index contributed by atoms with van der Waals surface area (Å²) in [6.07, 6.45) is 4.78. The third-order valence-corrected chi connectivity index (χ3v) is 5.68. The quantitative estimate of drug-likeness (QED) is 0.617. The first-order chi connectivity index (χ1) is 14.2. The molecule has 4 N–H and O–H groups in total. The SMILES string of the molecule is Cc1cn(-c2ccc3c(N)ncc(C(=O)NCCO)c3c2)c2c1C(=O)CC(C)(C)C2. The van der Waals surface area contributed by atoms with Crippen LogP contribution in [0.1, 0.15) is 52.2 Å². The molecule has 2 aromatic heterocycles. The smallest absolute Gasteiger partial charge is 0.253 e. The molecule has 1 aliphatic rings. The minimum absolute atomic E-state index is 0.104. The average Bonchev–Trinajstić information content (AvgIpc) is 3.01. The Bertz CT molecular complexity index is 1180. The van der Waals surface area contributed by atoms with Gasteiger partial charge in [-0.05, 0) is 42.5 Å². The van der Waals surface area contributed by atoms with Gasteiger partial charge < -0.3 is 20.7 Å². The van der Waals surface area contributed by atoms with Gasteiger partial charge in [-0.25, -0.2) is 4.98 Å². The zero-order valence-corrected chi connectivity index (χ0v) is 17.5. The van der Waals surface area contributed by atoms with E-state index < -0.39 is 0 Å². The number of benzene rings is 1. The standard InChI is InChI=1S/C23H26N4O3/c1-13-12-27(18-9-23(2,3)10-19(29)20(13)18)14-4-5-15-16(8-14)17(11-26-21(15)24)22(30)25-6-7-28/h4-5,8,11-12,28H,6-7,9-10H2,1-3H3,(H2,24,26)(H,25,30). The molecule has 0 radical (unpaired) electrons. The van der Waals surface area contributed by atoms with E-state index in [0.29, 0.717) is 28.6 Å². The van der Waals surface area contributed by atoms with Gasteiger partial charge in [0.15, 0.2) is 5.78 Å². The van der Waals surface area contributed by atoms with Crippen LogP contribution in [0.15, 0.2) is 30.6 Å². The number of nitrogens with two attached hydrogens (primary N) is 1. The van der Waals surface area contributed by atoms with Crippen LogP contribution >= 0.6 is 0 Å². The molecule has 1 aliphatic carbocycles. The molecular weight excluding hydrogens is 380 g/mol. The summed E-state index contributed by atoms with van der Waals surface area (Å²) in [5.74, 6) is 0.203. The Balaban J connectivity index is 1.89. The molecule has 0 bridgehead atoms. The fourth-order valence-electron chi connectivity index (χ4n) is 4.35. The molecule has 1 aromatic carbocycles. The number of hydrogen-bond acceptors (Lipinski definition) is 5. The molecule has 4 rings (SSSR count). The van der Waals surface area contributed by atoms with Crippen molar-refractivity contribution in [2.75, 3.05) is 18.9 Å². The lowest BCUT2D eigenvalue weighted by Crippen LogP contribution is -2.28. The number of aryl methyl sites for hydroxylation is 1. The van der Waals surface area contributed by atoms with Gasteiger partial charge in [-0.15, -0.1) is 0 Å². The minimum Gasteiger partial charge on any atom is -0.395 e. The van der Waals surface area contributed by atoms with Crippen molar-refractivity contribution in [3.05, 3.63) is 53.0 Å². The van der Waals surface area contributed by atoms with E-state index in [4.69, 9.17) is 10.8 Å². The van der Waals surface area contributed by atoms with Crippen LogP contribution in [0, 0.1) is 12.3 Å². The predicted molar refractivity (Wildman–Crippen MR) is 116 cm³/mol. The van der Waals surface area contributed by atoms with Crippen LogP contribution in [-0.2, 0) is 6.42 Å². The Labute approximate surface area is 174 Å². The van der Waals surface area contributed by atoms with Crippen LogP contribution in [0.25, 0.3) is 16.5 Å². The molecule has 0 saturated carbocycles. The number of nitrogens with one attached hydrogen (secondary N) is 1. The van der Waals surface area contributed by atoms with Crippen LogP contribution in [0.2, 0.25) is 0 Å². The lowest BCUT2D eigenvalue weighted by atomic mass is 9.75. The highest BCUT2D eigenvalue weighted by Gasteiger charge is 2.34. The Morgan fingerprint density at radius 3 is 2.80 bits per heavy atom. The highest BCUT2D eigenvalue weighted by atomic mass is 16.3. The van der Waals surface area contributed by atoms with Gasteiger partial charge in [-0.1, -0.05) is 13.8 Å². The van der Waals surface area contributed by atoms with Crippen LogP contribution in [-0.4, -0.2) is 39.5 Å².